The van der Waals surface area contributed by atoms with Crippen LogP contribution in [0.15, 0.2) is 21.3 Å². The van der Waals surface area contributed by atoms with Crippen molar-refractivity contribution in [1.29, 1.82) is 0 Å². The molecule has 0 radical (unpaired) electrons. The SMILES string of the molecule is CC(C)C1OCCC1c1nc(-c2ccsc2)no1. The van der Waals surface area contributed by atoms with E-state index in [2.05, 4.69) is 24.0 Å². The molecule has 2 atom stereocenters. The van der Waals surface area contributed by atoms with Crippen LogP contribution in [0.3, 0.4) is 0 Å². The summed E-state index contributed by atoms with van der Waals surface area (Å²) in [5.74, 6) is 2.10. The van der Waals surface area contributed by atoms with E-state index in [0.717, 1.165) is 18.6 Å². The van der Waals surface area contributed by atoms with Crippen LogP contribution in [0.5, 0.6) is 0 Å². The van der Waals surface area contributed by atoms with Crippen LogP contribution >= 0.6 is 11.3 Å². The zero-order chi connectivity index (χ0) is 12.5. The molecule has 0 N–H and O–H groups in total. The first-order valence-corrected chi connectivity index (χ1v) is 7.18. The molecule has 1 fully saturated rings. The van der Waals surface area contributed by atoms with Gasteiger partial charge in [0.2, 0.25) is 11.7 Å². The molecule has 0 aliphatic carbocycles. The molecule has 5 heteroatoms. The highest BCUT2D eigenvalue weighted by molar-refractivity contribution is 7.08. The molecule has 0 aromatic carbocycles. The van der Waals surface area contributed by atoms with E-state index in [4.69, 9.17) is 9.26 Å². The van der Waals surface area contributed by atoms with Crippen molar-refractivity contribution in [3.8, 4) is 11.4 Å². The Bertz CT molecular complexity index is 507. The maximum Gasteiger partial charge on any atom is 0.232 e. The van der Waals surface area contributed by atoms with Gasteiger partial charge in [-0.2, -0.15) is 16.3 Å². The maximum atomic E-state index is 5.76. The van der Waals surface area contributed by atoms with Crippen LogP contribution in [0.4, 0.5) is 0 Å². The lowest BCUT2D eigenvalue weighted by Crippen LogP contribution is -2.21. The van der Waals surface area contributed by atoms with E-state index in [9.17, 15) is 0 Å². The molecule has 1 aliphatic heterocycles. The average molecular weight is 264 g/mol. The van der Waals surface area contributed by atoms with Crippen molar-refractivity contribution in [3.05, 3.63) is 22.7 Å². The third-order valence-electron chi connectivity index (χ3n) is 3.33. The normalized spacial score (nSPS) is 23.9. The van der Waals surface area contributed by atoms with Gasteiger partial charge in [0.1, 0.15) is 0 Å². The maximum absolute atomic E-state index is 5.76. The van der Waals surface area contributed by atoms with Crippen LogP contribution in [0, 0.1) is 5.92 Å². The minimum atomic E-state index is 0.195. The van der Waals surface area contributed by atoms with E-state index in [1.807, 2.05) is 16.8 Å². The molecule has 18 heavy (non-hydrogen) atoms. The number of hydrogen-bond acceptors (Lipinski definition) is 5. The molecular formula is C13H16N2O2S. The first kappa shape index (κ1) is 11.9. The van der Waals surface area contributed by atoms with E-state index in [-0.39, 0.29) is 12.0 Å². The number of aromatic nitrogens is 2. The predicted octanol–water partition coefficient (Wildman–Crippen LogP) is 3.33. The number of ether oxygens (including phenoxy) is 1. The largest absolute Gasteiger partial charge is 0.377 e. The minimum Gasteiger partial charge on any atom is -0.377 e. The van der Waals surface area contributed by atoms with E-state index in [0.29, 0.717) is 17.6 Å². The predicted molar refractivity (Wildman–Crippen MR) is 69.5 cm³/mol. The third-order valence-corrected chi connectivity index (χ3v) is 4.01. The standard InChI is InChI=1S/C13H16N2O2S/c1-8(2)11-10(3-5-16-11)13-14-12(15-17-13)9-4-6-18-7-9/h4,6-8,10-11H,3,5H2,1-2H3. The second-order valence-corrected chi connectivity index (χ2v) is 5.72. The highest BCUT2D eigenvalue weighted by Crippen LogP contribution is 2.35. The van der Waals surface area contributed by atoms with Gasteiger partial charge in [-0.25, -0.2) is 0 Å². The molecular weight excluding hydrogens is 248 g/mol. The third kappa shape index (κ3) is 2.08. The summed E-state index contributed by atoms with van der Waals surface area (Å²) in [6, 6.07) is 2.00. The van der Waals surface area contributed by atoms with Gasteiger partial charge in [-0.15, -0.1) is 0 Å². The molecule has 3 rings (SSSR count). The summed E-state index contributed by atoms with van der Waals surface area (Å²) in [6.45, 7) is 5.11. The van der Waals surface area contributed by atoms with Crippen LogP contribution in [0.2, 0.25) is 0 Å². The van der Waals surface area contributed by atoms with E-state index in [1.54, 1.807) is 11.3 Å². The zero-order valence-corrected chi connectivity index (χ0v) is 11.3. The van der Waals surface area contributed by atoms with Crippen LogP contribution in [0.1, 0.15) is 32.1 Å². The zero-order valence-electron chi connectivity index (χ0n) is 10.5. The van der Waals surface area contributed by atoms with E-state index >= 15 is 0 Å². The summed E-state index contributed by atoms with van der Waals surface area (Å²) in [4.78, 5) is 4.52. The molecule has 3 heterocycles. The Morgan fingerprint density at radius 2 is 2.33 bits per heavy atom. The molecule has 1 aliphatic rings. The highest BCUT2D eigenvalue weighted by atomic mass is 32.1. The lowest BCUT2D eigenvalue weighted by Gasteiger charge is -2.18. The van der Waals surface area contributed by atoms with Crippen LogP contribution in [-0.2, 0) is 4.74 Å². The molecule has 1 saturated heterocycles. The molecule has 2 aromatic heterocycles. The molecule has 2 aromatic rings. The Balaban J connectivity index is 1.85. The number of nitrogens with zero attached hydrogens (tertiary/aromatic N) is 2. The number of thiophene rings is 1. The van der Waals surface area contributed by atoms with Gasteiger partial charge >= 0.3 is 0 Å². The second-order valence-electron chi connectivity index (χ2n) is 4.94. The van der Waals surface area contributed by atoms with Gasteiger partial charge in [0.05, 0.1) is 12.0 Å². The lowest BCUT2D eigenvalue weighted by atomic mass is 9.93. The number of rotatable bonds is 3. The topological polar surface area (TPSA) is 48.2 Å². The van der Waals surface area contributed by atoms with Gasteiger partial charge in [-0.05, 0) is 23.8 Å². The fourth-order valence-corrected chi connectivity index (χ4v) is 3.06. The van der Waals surface area contributed by atoms with Crippen molar-refractivity contribution < 1.29 is 9.26 Å². The molecule has 0 saturated carbocycles. The Morgan fingerprint density at radius 3 is 3.06 bits per heavy atom. The van der Waals surface area contributed by atoms with Gasteiger partial charge in [-0.1, -0.05) is 19.0 Å². The summed E-state index contributed by atoms with van der Waals surface area (Å²) in [6.07, 6.45) is 1.16. The smallest absolute Gasteiger partial charge is 0.232 e. The summed E-state index contributed by atoms with van der Waals surface area (Å²) in [7, 11) is 0. The van der Waals surface area contributed by atoms with E-state index < -0.39 is 0 Å². The first-order chi connectivity index (χ1) is 8.75. The Morgan fingerprint density at radius 1 is 1.44 bits per heavy atom. The molecule has 96 valence electrons. The summed E-state index contributed by atoms with van der Waals surface area (Å²) in [5.41, 5.74) is 1.02. The minimum absolute atomic E-state index is 0.195. The van der Waals surface area contributed by atoms with Gasteiger partial charge in [0, 0.05) is 17.6 Å². The van der Waals surface area contributed by atoms with Crippen LogP contribution in [0.25, 0.3) is 11.4 Å². The quantitative estimate of drug-likeness (QED) is 0.853. The second kappa shape index (κ2) is 4.82. The molecule has 0 spiro atoms. The fraction of sp³-hybridized carbons (Fsp3) is 0.538. The van der Waals surface area contributed by atoms with Gasteiger partial charge in [0.25, 0.3) is 0 Å². The van der Waals surface area contributed by atoms with Crippen molar-refractivity contribution in [1.82, 2.24) is 10.1 Å². The Hall–Kier alpha value is -1.20. The van der Waals surface area contributed by atoms with Crippen molar-refractivity contribution in [3.63, 3.8) is 0 Å². The van der Waals surface area contributed by atoms with Crippen LogP contribution < -0.4 is 0 Å². The van der Waals surface area contributed by atoms with Gasteiger partial charge in [-0.3, -0.25) is 0 Å². The molecule has 0 amide bonds. The fourth-order valence-electron chi connectivity index (χ4n) is 2.43. The lowest BCUT2D eigenvalue weighted by molar-refractivity contribution is 0.0627. The molecule has 2 unspecified atom stereocenters. The number of hydrogen-bond donors (Lipinski definition) is 0. The van der Waals surface area contributed by atoms with Crippen molar-refractivity contribution >= 4 is 11.3 Å². The van der Waals surface area contributed by atoms with Crippen molar-refractivity contribution in [2.24, 2.45) is 5.92 Å². The van der Waals surface area contributed by atoms with Crippen molar-refractivity contribution in [2.45, 2.75) is 32.3 Å². The van der Waals surface area contributed by atoms with Crippen LogP contribution in [-0.4, -0.2) is 22.9 Å². The first-order valence-electron chi connectivity index (χ1n) is 6.23. The van der Waals surface area contributed by atoms with Crippen molar-refractivity contribution in [2.75, 3.05) is 6.61 Å². The monoisotopic (exact) mass is 264 g/mol. The van der Waals surface area contributed by atoms with Gasteiger partial charge < -0.3 is 9.26 Å². The summed E-state index contributed by atoms with van der Waals surface area (Å²) < 4.78 is 11.2. The Labute approximate surface area is 110 Å². The Kier molecular flexibility index (Phi) is 3.18. The van der Waals surface area contributed by atoms with Gasteiger partial charge in [0.15, 0.2) is 0 Å². The molecule has 0 bridgehead atoms. The summed E-state index contributed by atoms with van der Waals surface area (Å²) in [5, 5.41) is 8.10. The van der Waals surface area contributed by atoms with E-state index in [1.165, 1.54) is 0 Å². The average Bonchev–Trinajstić information content (AvgIpc) is 3.10. The highest BCUT2D eigenvalue weighted by Gasteiger charge is 2.35. The summed E-state index contributed by atoms with van der Waals surface area (Å²) >= 11 is 1.64. The molecule has 4 nitrogen and oxygen atoms in total.